The predicted octanol–water partition coefficient (Wildman–Crippen LogP) is 5.75. The van der Waals surface area contributed by atoms with Gasteiger partial charge in [0.2, 0.25) is 0 Å². The fourth-order valence-corrected chi connectivity index (χ4v) is 4.65. The molecule has 5 aromatic rings. The van der Waals surface area contributed by atoms with Crippen LogP contribution in [0.1, 0.15) is 31.3 Å². The fraction of sp³-hybridized carbons (Fsp3) is 0.200. The Morgan fingerprint density at radius 2 is 1.78 bits per heavy atom. The summed E-state index contributed by atoms with van der Waals surface area (Å²) in [7, 11) is 0. The van der Waals surface area contributed by atoms with Crippen LogP contribution in [0.25, 0.3) is 44.1 Å². The summed E-state index contributed by atoms with van der Waals surface area (Å²) in [4.78, 5) is 29.6. The minimum atomic E-state index is -0.364. The van der Waals surface area contributed by atoms with Gasteiger partial charge in [-0.3, -0.25) is 0 Å². The molecule has 0 bridgehead atoms. The van der Waals surface area contributed by atoms with Crippen molar-refractivity contribution < 1.29 is 4.42 Å². The minimum Gasteiger partial charge on any atom is -0.422 e. The van der Waals surface area contributed by atoms with Gasteiger partial charge < -0.3 is 9.32 Å². The first-order valence-corrected chi connectivity index (χ1v) is 11.4. The number of rotatable bonds is 5. The average molecular weight is 443 g/mol. The molecule has 0 aliphatic heterocycles. The lowest BCUT2D eigenvalue weighted by Crippen LogP contribution is -2.21. The maximum atomic E-state index is 12.7. The molecule has 0 aliphatic rings. The maximum absolute atomic E-state index is 12.7. The summed E-state index contributed by atoms with van der Waals surface area (Å²) in [5.74, 6) is 0. The smallest absolute Gasteiger partial charge is 0.343 e. The van der Waals surface area contributed by atoms with Crippen molar-refractivity contribution >= 4 is 61.2 Å². The van der Waals surface area contributed by atoms with E-state index in [9.17, 15) is 4.79 Å². The molecule has 0 unspecified atom stereocenters. The summed E-state index contributed by atoms with van der Waals surface area (Å²) in [6, 6.07) is 15.6. The summed E-state index contributed by atoms with van der Waals surface area (Å²) in [5.41, 5.74) is 4.92. The number of para-hydroxylation sites is 2. The molecule has 0 aliphatic carbocycles. The molecule has 160 valence electrons. The van der Waals surface area contributed by atoms with Gasteiger partial charge in [0.25, 0.3) is 0 Å². The first-order valence-electron chi connectivity index (χ1n) is 10.6. The van der Waals surface area contributed by atoms with Crippen LogP contribution in [0.2, 0.25) is 0 Å². The lowest BCUT2D eigenvalue weighted by atomic mass is 10.1. The number of aromatic nitrogens is 3. The highest BCUT2D eigenvalue weighted by Gasteiger charge is 2.12. The van der Waals surface area contributed by atoms with Gasteiger partial charge in [-0.15, -0.1) is 0 Å². The summed E-state index contributed by atoms with van der Waals surface area (Å²) >= 11 is 1.47. The largest absolute Gasteiger partial charge is 0.422 e. The van der Waals surface area contributed by atoms with Crippen molar-refractivity contribution in [1.29, 1.82) is 0 Å². The summed E-state index contributed by atoms with van der Waals surface area (Å²) in [6.45, 7) is 7.94. The molecule has 0 saturated carbocycles. The number of thiazole rings is 1. The molecule has 3 aromatic heterocycles. The van der Waals surface area contributed by atoms with Crippen LogP contribution in [0, 0.1) is 0 Å². The van der Waals surface area contributed by atoms with Gasteiger partial charge >= 0.3 is 5.63 Å². The zero-order valence-electron chi connectivity index (χ0n) is 18.1. The lowest BCUT2D eigenvalue weighted by Gasteiger charge is -2.20. The Morgan fingerprint density at radius 1 is 1.03 bits per heavy atom. The van der Waals surface area contributed by atoms with Crippen molar-refractivity contribution in [3.63, 3.8) is 0 Å². The second-order valence-corrected chi connectivity index (χ2v) is 8.55. The molecule has 0 saturated heterocycles. The molecular formula is C25H22N4O2S. The molecule has 6 nitrogen and oxygen atoms in total. The zero-order chi connectivity index (χ0) is 22.2. The Morgan fingerprint density at radius 3 is 2.53 bits per heavy atom. The summed E-state index contributed by atoms with van der Waals surface area (Å²) < 4.78 is 5.65. The Hall–Kier alpha value is -3.58. The van der Waals surface area contributed by atoms with E-state index in [0.29, 0.717) is 16.8 Å². The standard InChI is InChI=1S/C25H22N4O2S/c1-4-29(5-2)18-11-10-16-13-17(25(30)31-21(16)14-18)12-15(3)23-28-22-24(32-23)27-20-9-7-6-8-19(20)26-22/h6-14H,4-5H2,1-3H3/b15-12+. The number of anilines is 1. The second-order valence-electron chi connectivity index (χ2n) is 7.57. The molecule has 0 N–H and O–H groups in total. The number of nitrogens with zero attached hydrogens (tertiary/aromatic N) is 4. The fourth-order valence-electron chi connectivity index (χ4n) is 3.79. The maximum Gasteiger partial charge on any atom is 0.343 e. The topological polar surface area (TPSA) is 72.1 Å². The first kappa shape index (κ1) is 20.3. The van der Waals surface area contributed by atoms with E-state index in [1.165, 1.54) is 11.3 Å². The minimum absolute atomic E-state index is 0.364. The molecular weight excluding hydrogens is 420 g/mol. The molecule has 7 heteroatoms. The van der Waals surface area contributed by atoms with E-state index in [1.54, 1.807) is 0 Å². The van der Waals surface area contributed by atoms with E-state index in [0.717, 1.165) is 50.6 Å². The lowest BCUT2D eigenvalue weighted by molar-refractivity contribution is 0.559. The van der Waals surface area contributed by atoms with Gasteiger partial charge in [-0.05, 0) is 62.8 Å². The third-order valence-corrected chi connectivity index (χ3v) is 6.58. The molecule has 0 radical (unpaired) electrons. The highest BCUT2D eigenvalue weighted by atomic mass is 32.1. The zero-order valence-corrected chi connectivity index (χ0v) is 18.9. The summed E-state index contributed by atoms with van der Waals surface area (Å²) in [5, 5.41) is 1.67. The highest BCUT2D eigenvalue weighted by molar-refractivity contribution is 7.19. The van der Waals surface area contributed by atoms with Gasteiger partial charge in [0.15, 0.2) is 10.5 Å². The van der Waals surface area contributed by atoms with Gasteiger partial charge in [0, 0.05) is 30.2 Å². The van der Waals surface area contributed by atoms with Crippen molar-refractivity contribution in [3.8, 4) is 0 Å². The Labute approximate surface area is 188 Å². The van der Waals surface area contributed by atoms with Crippen LogP contribution in [-0.2, 0) is 0 Å². The quantitative estimate of drug-likeness (QED) is 0.323. The molecule has 0 amide bonds. The molecule has 5 rings (SSSR count). The third kappa shape index (κ3) is 3.65. The Bertz CT molecular complexity index is 1490. The van der Waals surface area contributed by atoms with E-state index >= 15 is 0 Å². The van der Waals surface area contributed by atoms with E-state index < -0.39 is 0 Å². The van der Waals surface area contributed by atoms with E-state index in [1.807, 2.05) is 55.5 Å². The van der Waals surface area contributed by atoms with E-state index in [4.69, 9.17) is 4.42 Å². The number of hydrogen-bond donors (Lipinski definition) is 0. The van der Waals surface area contributed by atoms with Crippen molar-refractivity contribution in [2.24, 2.45) is 0 Å². The number of hydrogen-bond acceptors (Lipinski definition) is 7. The molecule has 3 heterocycles. The van der Waals surface area contributed by atoms with Crippen molar-refractivity contribution in [3.05, 3.63) is 69.5 Å². The molecule has 32 heavy (non-hydrogen) atoms. The van der Waals surface area contributed by atoms with Gasteiger partial charge in [0.05, 0.1) is 16.6 Å². The van der Waals surface area contributed by atoms with Gasteiger partial charge in [0.1, 0.15) is 10.6 Å². The molecule has 2 aromatic carbocycles. The van der Waals surface area contributed by atoms with Gasteiger partial charge in [-0.1, -0.05) is 23.5 Å². The number of allylic oxidation sites excluding steroid dienone is 1. The van der Waals surface area contributed by atoms with Crippen LogP contribution in [0.15, 0.2) is 57.7 Å². The first-order chi connectivity index (χ1) is 15.6. The molecule has 0 fully saturated rings. The van der Waals surface area contributed by atoms with Gasteiger partial charge in [-0.2, -0.15) is 0 Å². The van der Waals surface area contributed by atoms with Crippen LogP contribution in [0.3, 0.4) is 0 Å². The second kappa shape index (κ2) is 8.16. The van der Waals surface area contributed by atoms with Crippen LogP contribution >= 0.6 is 11.3 Å². The number of fused-ring (bicyclic) bond motifs is 3. The van der Waals surface area contributed by atoms with Crippen LogP contribution in [0.5, 0.6) is 0 Å². The van der Waals surface area contributed by atoms with Crippen molar-refractivity contribution in [2.75, 3.05) is 18.0 Å². The molecule has 0 atom stereocenters. The number of benzene rings is 2. The van der Waals surface area contributed by atoms with Crippen LogP contribution in [-0.4, -0.2) is 28.0 Å². The van der Waals surface area contributed by atoms with Crippen molar-refractivity contribution in [1.82, 2.24) is 15.0 Å². The molecule has 0 spiro atoms. The van der Waals surface area contributed by atoms with Crippen LogP contribution in [0.4, 0.5) is 5.69 Å². The average Bonchev–Trinajstić information content (AvgIpc) is 3.22. The van der Waals surface area contributed by atoms with Crippen LogP contribution < -0.4 is 10.5 Å². The Kier molecular flexibility index (Phi) is 5.19. The van der Waals surface area contributed by atoms with E-state index in [2.05, 4.69) is 39.8 Å². The summed E-state index contributed by atoms with van der Waals surface area (Å²) in [6.07, 6.45) is 1.82. The van der Waals surface area contributed by atoms with Gasteiger partial charge in [-0.25, -0.2) is 19.7 Å². The van der Waals surface area contributed by atoms with E-state index in [-0.39, 0.29) is 5.63 Å². The normalized spacial score (nSPS) is 12.2. The third-order valence-electron chi connectivity index (χ3n) is 5.51. The highest BCUT2D eigenvalue weighted by Crippen LogP contribution is 2.28. The SMILES string of the molecule is CCN(CC)c1ccc2cc(/C=C(\C)c3nc4nc5ccccc5nc4s3)c(=O)oc2c1. The monoisotopic (exact) mass is 442 g/mol. The Balaban J connectivity index is 1.54. The predicted molar refractivity (Wildman–Crippen MR) is 132 cm³/mol. The van der Waals surface area contributed by atoms with Crippen molar-refractivity contribution in [2.45, 2.75) is 20.8 Å².